The van der Waals surface area contributed by atoms with Crippen molar-refractivity contribution in [3.05, 3.63) is 71.0 Å². The van der Waals surface area contributed by atoms with Crippen LogP contribution in [-0.2, 0) is 17.9 Å². The quantitative estimate of drug-likeness (QED) is 0.723. The number of hydrogen-bond acceptors (Lipinski definition) is 3. The summed E-state index contributed by atoms with van der Waals surface area (Å²) in [5.41, 5.74) is 2.07. The first kappa shape index (κ1) is 17.2. The third-order valence-corrected chi connectivity index (χ3v) is 3.79. The number of halogens is 1. The zero-order valence-electron chi connectivity index (χ0n) is 13.6. The third-order valence-electron chi connectivity index (χ3n) is 3.79. The second kappa shape index (κ2) is 8.44. The molecule has 0 aliphatic carbocycles. The minimum absolute atomic E-state index is 0.0364. The highest BCUT2D eigenvalue weighted by molar-refractivity contribution is 5.89. The molecule has 0 saturated heterocycles. The van der Waals surface area contributed by atoms with Crippen molar-refractivity contribution in [2.45, 2.75) is 27.0 Å². The van der Waals surface area contributed by atoms with E-state index in [2.05, 4.69) is 18.7 Å². The van der Waals surface area contributed by atoms with E-state index in [0.29, 0.717) is 0 Å². The van der Waals surface area contributed by atoms with Crippen LogP contribution in [0.2, 0.25) is 0 Å². The van der Waals surface area contributed by atoms with Gasteiger partial charge in [0.25, 0.3) is 0 Å². The predicted octanol–water partition coefficient (Wildman–Crippen LogP) is 4.02. The highest BCUT2D eigenvalue weighted by Gasteiger charge is 2.12. The first-order valence-electron chi connectivity index (χ1n) is 7.85. The first-order valence-corrected chi connectivity index (χ1v) is 7.85. The Labute approximate surface area is 136 Å². The monoisotopic (exact) mass is 315 g/mol. The molecule has 0 bridgehead atoms. The van der Waals surface area contributed by atoms with Crippen LogP contribution in [0.15, 0.2) is 48.5 Å². The molecule has 0 heterocycles. The van der Waals surface area contributed by atoms with Crippen LogP contribution in [0.25, 0.3) is 0 Å². The molecule has 0 saturated carbocycles. The van der Waals surface area contributed by atoms with Gasteiger partial charge < -0.3 is 4.74 Å². The number of carbonyl (C=O) groups excluding carboxylic acids is 1. The Hall–Kier alpha value is -2.20. The lowest BCUT2D eigenvalue weighted by Gasteiger charge is -2.18. The van der Waals surface area contributed by atoms with Crippen LogP contribution in [0.3, 0.4) is 0 Å². The van der Waals surface area contributed by atoms with Crippen LogP contribution in [-0.4, -0.2) is 24.0 Å². The second-order valence-corrected chi connectivity index (χ2v) is 5.33. The van der Waals surface area contributed by atoms with Gasteiger partial charge in [-0.1, -0.05) is 50.2 Å². The molecule has 0 amide bonds. The summed E-state index contributed by atoms with van der Waals surface area (Å²) in [5, 5.41) is 0. The molecule has 4 heteroatoms. The van der Waals surface area contributed by atoms with Crippen LogP contribution in [0.5, 0.6) is 0 Å². The average Bonchev–Trinajstić information content (AvgIpc) is 2.59. The minimum atomic E-state index is -0.643. The van der Waals surface area contributed by atoms with Gasteiger partial charge in [-0.25, -0.2) is 9.18 Å². The SMILES string of the molecule is CCN(CC)Cc1ccc(COC(=O)c2ccccc2F)cc1. The minimum Gasteiger partial charge on any atom is -0.457 e. The van der Waals surface area contributed by atoms with Crippen molar-refractivity contribution in [1.82, 2.24) is 4.90 Å². The van der Waals surface area contributed by atoms with E-state index in [9.17, 15) is 9.18 Å². The zero-order chi connectivity index (χ0) is 16.7. The molecule has 0 aliphatic rings. The summed E-state index contributed by atoms with van der Waals surface area (Å²) >= 11 is 0. The first-order chi connectivity index (χ1) is 11.1. The van der Waals surface area contributed by atoms with Crippen molar-refractivity contribution >= 4 is 5.97 Å². The molecule has 2 aromatic rings. The molecule has 0 atom stereocenters. The van der Waals surface area contributed by atoms with Gasteiger partial charge in [-0.15, -0.1) is 0 Å². The molecule has 0 aromatic heterocycles. The molecule has 23 heavy (non-hydrogen) atoms. The van der Waals surface area contributed by atoms with Crippen molar-refractivity contribution in [3.63, 3.8) is 0 Å². The number of ether oxygens (including phenoxy) is 1. The largest absolute Gasteiger partial charge is 0.457 e. The van der Waals surface area contributed by atoms with Gasteiger partial charge in [0.05, 0.1) is 5.56 Å². The van der Waals surface area contributed by atoms with Gasteiger partial charge in [0.15, 0.2) is 0 Å². The lowest BCUT2D eigenvalue weighted by Crippen LogP contribution is -2.22. The van der Waals surface area contributed by atoms with Crippen molar-refractivity contribution in [1.29, 1.82) is 0 Å². The van der Waals surface area contributed by atoms with E-state index in [4.69, 9.17) is 4.74 Å². The molecule has 3 nitrogen and oxygen atoms in total. The molecule has 0 fully saturated rings. The molecule has 2 aromatic carbocycles. The molecule has 0 aliphatic heterocycles. The molecule has 0 radical (unpaired) electrons. The lowest BCUT2D eigenvalue weighted by atomic mass is 10.1. The van der Waals surface area contributed by atoms with Crippen molar-refractivity contribution in [3.8, 4) is 0 Å². The maximum Gasteiger partial charge on any atom is 0.341 e. The third kappa shape index (κ3) is 4.89. The highest BCUT2D eigenvalue weighted by atomic mass is 19.1. The number of esters is 1. The summed E-state index contributed by atoms with van der Waals surface area (Å²) in [5.74, 6) is -1.21. The lowest BCUT2D eigenvalue weighted by molar-refractivity contribution is 0.0467. The summed E-state index contributed by atoms with van der Waals surface area (Å²) in [6.07, 6.45) is 0. The fourth-order valence-corrected chi connectivity index (χ4v) is 2.30. The maximum atomic E-state index is 13.5. The van der Waals surface area contributed by atoms with Gasteiger partial charge in [0.2, 0.25) is 0 Å². The fraction of sp³-hybridized carbons (Fsp3) is 0.316. The van der Waals surface area contributed by atoms with Gasteiger partial charge in [0, 0.05) is 6.54 Å². The summed E-state index contributed by atoms with van der Waals surface area (Å²) in [7, 11) is 0. The van der Waals surface area contributed by atoms with Crippen LogP contribution in [0, 0.1) is 5.82 Å². The van der Waals surface area contributed by atoms with E-state index in [1.807, 2.05) is 24.3 Å². The Kier molecular flexibility index (Phi) is 6.29. The smallest absolute Gasteiger partial charge is 0.341 e. The van der Waals surface area contributed by atoms with Gasteiger partial charge in [-0.2, -0.15) is 0 Å². The summed E-state index contributed by atoms with van der Waals surface area (Å²) in [4.78, 5) is 14.2. The Morgan fingerprint density at radius 1 is 1.00 bits per heavy atom. The highest BCUT2D eigenvalue weighted by Crippen LogP contribution is 2.12. The Balaban J connectivity index is 1.91. The van der Waals surface area contributed by atoms with Crippen molar-refractivity contribution < 1.29 is 13.9 Å². The number of nitrogens with zero attached hydrogens (tertiary/aromatic N) is 1. The number of rotatable bonds is 7. The van der Waals surface area contributed by atoms with E-state index >= 15 is 0 Å². The van der Waals surface area contributed by atoms with E-state index in [1.165, 1.54) is 17.7 Å². The van der Waals surface area contributed by atoms with E-state index in [1.54, 1.807) is 12.1 Å². The Morgan fingerprint density at radius 3 is 2.22 bits per heavy atom. The fourth-order valence-electron chi connectivity index (χ4n) is 2.30. The van der Waals surface area contributed by atoms with Crippen molar-refractivity contribution in [2.24, 2.45) is 0 Å². The standard InChI is InChI=1S/C19H22FNO2/c1-3-21(4-2)13-15-9-11-16(12-10-15)14-23-19(22)17-7-5-6-8-18(17)20/h5-12H,3-4,13-14H2,1-2H3. The van der Waals surface area contributed by atoms with Gasteiger partial charge >= 0.3 is 5.97 Å². The zero-order valence-corrected chi connectivity index (χ0v) is 13.6. The van der Waals surface area contributed by atoms with E-state index in [-0.39, 0.29) is 12.2 Å². The molecule has 0 spiro atoms. The summed E-state index contributed by atoms with van der Waals surface area (Å²) in [6, 6.07) is 13.8. The Bertz CT molecular complexity index is 636. The van der Waals surface area contributed by atoms with Gasteiger partial charge in [-0.05, 0) is 36.3 Å². The summed E-state index contributed by atoms with van der Waals surface area (Å²) in [6.45, 7) is 7.35. The molecule has 2 rings (SSSR count). The van der Waals surface area contributed by atoms with E-state index in [0.717, 1.165) is 25.2 Å². The normalized spacial score (nSPS) is 10.8. The molecule has 122 valence electrons. The molecule has 0 N–H and O–H groups in total. The Morgan fingerprint density at radius 2 is 1.61 bits per heavy atom. The van der Waals surface area contributed by atoms with Crippen LogP contribution >= 0.6 is 0 Å². The average molecular weight is 315 g/mol. The molecule has 0 unspecified atom stereocenters. The van der Waals surface area contributed by atoms with Crippen LogP contribution in [0.4, 0.5) is 4.39 Å². The van der Waals surface area contributed by atoms with E-state index < -0.39 is 11.8 Å². The van der Waals surface area contributed by atoms with Crippen molar-refractivity contribution in [2.75, 3.05) is 13.1 Å². The van der Waals surface area contributed by atoms with Crippen LogP contribution in [0.1, 0.15) is 35.3 Å². The van der Waals surface area contributed by atoms with Gasteiger partial charge in [-0.3, -0.25) is 4.90 Å². The van der Waals surface area contributed by atoms with Gasteiger partial charge in [0.1, 0.15) is 12.4 Å². The summed E-state index contributed by atoms with van der Waals surface area (Å²) < 4.78 is 18.7. The molecular weight excluding hydrogens is 293 g/mol. The number of carbonyl (C=O) groups is 1. The number of benzene rings is 2. The maximum absolute atomic E-state index is 13.5. The number of hydrogen-bond donors (Lipinski definition) is 0. The predicted molar refractivity (Wildman–Crippen MR) is 88.6 cm³/mol. The second-order valence-electron chi connectivity index (χ2n) is 5.33. The molecular formula is C19H22FNO2. The topological polar surface area (TPSA) is 29.5 Å². The van der Waals surface area contributed by atoms with Crippen LogP contribution < -0.4 is 0 Å².